The molecule has 0 aliphatic rings. The van der Waals surface area contributed by atoms with E-state index in [1.165, 1.54) is 89.9 Å². The van der Waals surface area contributed by atoms with Gasteiger partial charge in [-0.05, 0) is 19.3 Å². The van der Waals surface area contributed by atoms with Gasteiger partial charge in [0.1, 0.15) is 0 Å². The summed E-state index contributed by atoms with van der Waals surface area (Å²) in [6.07, 6.45) is 25.7. The SMILES string of the molecule is CCCCCCCCCCCCC/C=C/[C@@H](O)CNC(=O)CCCCCCC. The van der Waals surface area contributed by atoms with Gasteiger partial charge in [-0.1, -0.05) is 116 Å². The molecule has 0 aliphatic carbocycles. The van der Waals surface area contributed by atoms with Gasteiger partial charge in [-0.3, -0.25) is 4.79 Å². The number of nitrogens with one attached hydrogen (secondary N) is 1. The average Bonchev–Trinajstić information content (AvgIpc) is 2.69. The third-order valence-electron chi connectivity index (χ3n) is 5.35. The van der Waals surface area contributed by atoms with Crippen LogP contribution in [0.2, 0.25) is 0 Å². The van der Waals surface area contributed by atoms with Crippen LogP contribution < -0.4 is 5.32 Å². The highest BCUT2D eigenvalue weighted by atomic mass is 16.3. The quantitative estimate of drug-likeness (QED) is 0.161. The second-order valence-corrected chi connectivity index (χ2v) is 8.29. The lowest BCUT2D eigenvalue weighted by Gasteiger charge is -2.08. The molecular weight excluding hydrogens is 346 g/mol. The van der Waals surface area contributed by atoms with Crippen molar-refractivity contribution >= 4 is 5.91 Å². The van der Waals surface area contributed by atoms with Crippen LogP contribution in [0.1, 0.15) is 129 Å². The Labute approximate surface area is 175 Å². The molecule has 0 aliphatic heterocycles. The zero-order valence-corrected chi connectivity index (χ0v) is 19.0. The molecule has 28 heavy (non-hydrogen) atoms. The van der Waals surface area contributed by atoms with Crippen LogP contribution in [0.15, 0.2) is 12.2 Å². The zero-order chi connectivity index (χ0) is 20.7. The molecule has 0 unspecified atom stereocenters. The van der Waals surface area contributed by atoms with E-state index in [9.17, 15) is 9.90 Å². The Morgan fingerprint density at radius 2 is 1.21 bits per heavy atom. The Morgan fingerprint density at radius 3 is 1.75 bits per heavy atom. The number of rotatable bonds is 21. The fraction of sp³-hybridized carbons (Fsp3) is 0.880. The maximum absolute atomic E-state index is 11.7. The van der Waals surface area contributed by atoms with Crippen molar-refractivity contribution < 1.29 is 9.90 Å². The molecule has 0 aromatic heterocycles. The highest BCUT2D eigenvalue weighted by molar-refractivity contribution is 5.75. The topological polar surface area (TPSA) is 49.3 Å². The molecule has 3 heteroatoms. The highest BCUT2D eigenvalue weighted by Crippen LogP contribution is 2.12. The molecule has 0 aromatic carbocycles. The molecule has 0 fully saturated rings. The maximum Gasteiger partial charge on any atom is 0.220 e. The summed E-state index contributed by atoms with van der Waals surface area (Å²) in [5, 5.41) is 12.7. The van der Waals surface area contributed by atoms with E-state index < -0.39 is 6.10 Å². The van der Waals surface area contributed by atoms with Gasteiger partial charge in [0.05, 0.1) is 6.10 Å². The minimum absolute atomic E-state index is 0.0642. The van der Waals surface area contributed by atoms with Crippen LogP contribution in [-0.2, 0) is 4.79 Å². The first-order valence-electron chi connectivity index (χ1n) is 12.3. The van der Waals surface area contributed by atoms with Crippen LogP contribution in [0.25, 0.3) is 0 Å². The van der Waals surface area contributed by atoms with E-state index in [1.807, 2.05) is 6.08 Å². The molecule has 1 amide bonds. The van der Waals surface area contributed by atoms with Gasteiger partial charge in [-0.25, -0.2) is 0 Å². The number of unbranched alkanes of at least 4 members (excludes halogenated alkanes) is 15. The standard InChI is InChI=1S/C25H49NO2/c1-3-5-7-9-10-11-12-13-14-15-16-18-19-21-24(27)23-26-25(28)22-20-17-8-6-4-2/h19,21,24,27H,3-18,20,22-23H2,1-2H3,(H,26,28)/b21-19+/t24-/m1/s1. The number of amides is 1. The average molecular weight is 396 g/mol. The lowest BCUT2D eigenvalue weighted by Crippen LogP contribution is -2.30. The summed E-state index contributed by atoms with van der Waals surface area (Å²) in [4.78, 5) is 11.7. The molecule has 0 radical (unpaired) electrons. The molecular formula is C25H49NO2. The van der Waals surface area contributed by atoms with Crippen molar-refractivity contribution in [3.05, 3.63) is 12.2 Å². The third-order valence-corrected chi connectivity index (χ3v) is 5.35. The predicted octanol–water partition coefficient (Wildman–Crippen LogP) is 7.08. The first-order valence-corrected chi connectivity index (χ1v) is 12.3. The van der Waals surface area contributed by atoms with Gasteiger partial charge in [-0.15, -0.1) is 0 Å². The second kappa shape index (κ2) is 22.5. The van der Waals surface area contributed by atoms with Crippen molar-refractivity contribution in [3.63, 3.8) is 0 Å². The Hall–Kier alpha value is -0.830. The lowest BCUT2D eigenvalue weighted by molar-refractivity contribution is -0.121. The fourth-order valence-electron chi connectivity index (χ4n) is 3.44. The van der Waals surface area contributed by atoms with Crippen LogP contribution in [0.5, 0.6) is 0 Å². The number of aliphatic hydroxyl groups is 1. The second-order valence-electron chi connectivity index (χ2n) is 8.29. The van der Waals surface area contributed by atoms with Crippen molar-refractivity contribution in [1.82, 2.24) is 5.32 Å². The summed E-state index contributed by atoms with van der Waals surface area (Å²) in [7, 11) is 0. The number of hydrogen-bond acceptors (Lipinski definition) is 2. The number of hydrogen-bond donors (Lipinski definition) is 2. The smallest absolute Gasteiger partial charge is 0.220 e. The maximum atomic E-state index is 11.7. The van der Waals surface area contributed by atoms with Gasteiger partial charge in [-0.2, -0.15) is 0 Å². The molecule has 0 spiro atoms. The molecule has 2 N–H and O–H groups in total. The predicted molar refractivity (Wildman–Crippen MR) is 123 cm³/mol. The first-order chi connectivity index (χ1) is 13.7. The van der Waals surface area contributed by atoms with Gasteiger partial charge < -0.3 is 10.4 Å². The summed E-state index contributed by atoms with van der Waals surface area (Å²) in [5.74, 6) is 0.0642. The van der Waals surface area contributed by atoms with Gasteiger partial charge in [0, 0.05) is 13.0 Å². The van der Waals surface area contributed by atoms with Crippen LogP contribution in [0.3, 0.4) is 0 Å². The van der Waals surface area contributed by atoms with E-state index in [2.05, 4.69) is 25.2 Å². The molecule has 1 atom stereocenters. The first kappa shape index (κ1) is 27.2. The summed E-state index contributed by atoms with van der Waals surface area (Å²) in [6.45, 7) is 4.80. The minimum Gasteiger partial charge on any atom is -0.387 e. The number of allylic oxidation sites excluding steroid dienone is 1. The Balaban J connectivity index is 3.37. The number of carbonyl (C=O) groups excluding carboxylic acids is 1. The summed E-state index contributed by atoms with van der Waals surface area (Å²) >= 11 is 0. The molecule has 3 nitrogen and oxygen atoms in total. The van der Waals surface area contributed by atoms with Gasteiger partial charge in [0.15, 0.2) is 0 Å². The molecule has 0 saturated heterocycles. The van der Waals surface area contributed by atoms with E-state index in [4.69, 9.17) is 0 Å². The van der Waals surface area contributed by atoms with Crippen molar-refractivity contribution in [2.75, 3.05) is 6.54 Å². The largest absolute Gasteiger partial charge is 0.387 e. The van der Waals surface area contributed by atoms with E-state index in [1.54, 1.807) is 0 Å². The molecule has 0 rings (SSSR count). The molecule has 0 saturated carbocycles. The van der Waals surface area contributed by atoms with E-state index >= 15 is 0 Å². The van der Waals surface area contributed by atoms with E-state index in [0.29, 0.717) is 13.0 Å². The van der Waals surface area contributed by atoms with Crippen LogP contribution >= 0.6 is 0 Å². The van der Waals surface area contributed by atoms with Crippen LogP contribution in [-0.4, -0.2) is 23.7 Å². The molecule has 166 valence electrons. The highest BCUT2D eigenvalue weighted by Gasteiger charge is 2.04. The Kier molecular flexibility index (Phi) is 21.8. The Morgan fingerprint density at radius 1 is 0.750 bits per heavy atom. The summed E-state index contributed by atoms with van der Waals surface area (Å²) in [5.41, 5.74) is 0. The van der Waals surface area contributed by atoms with Crippen LogP contribution in [0.4, 0.5) is 0 Å². The monoisotopic (exact) mass is 395 g/mol. The summed E-state index contributed by atoms with van der Waals surface area (Å²) < 4.78 is 0. The lowest BCUT2D eigenvalue weighted by atomic mass is 10.1. The van der Waals surface area contributed by atoms with Crippen molar-refractivity contribution in [2.24, 2.45) is 0 Å². The summed E-state index contributed by atoms with van der Waals surface area (Å²) in [6, 6.07) is 0. The zero-order valence-electron chi connectivity index (χ0n) is 19.0. The molecule has 0 aromatic rings. The number of aliphatic hydroxyl groups excluding tert-OH is 1. The molecule has 0 bridgehead atoms. The fourth-order valence-corrected chi connectivity index (χ4v) is 3.44. The van der Waals surface area contributed by atoms with Gasteiger partial charge in [0.2, 0.25) is 5.91 Å². The van der Waals surface area contributed by atoms with Crippen molar-refractivity contribution in [3.8, 4) is 0 Å². The normalized spacial score (nSPS) is 12.5. The third kappa shape index (κ3) is 21.5. The van der Waals surface area contributed by atoms with Gasteiger partial charge in [0.25, 0.3) is 0 Å². The molecule has 0 heterocycles. The van der Waals surface area contributed by atoms with Crippen molar-refractivity contribution in [1.29, 1.82) is 0 Å². The van der Waals surface area contributed by atoms with Gasteiger partial charge >= 0.3 is 0 Å². The Bertz CT molecular complexity index is 354. The van der Waals surface area contributed by atoms with E-state index in [0.717, 1.165) is 19.3 Å². The van der Waals surface area contributed by atoms with Crippen LogP contribution in [0, 0.1) is 0 Å². The van der Waals surface area contributed by atoms with Crippen molar-refractivity contribution in [2.45, 2.75) is 136 Å². The number of carbonyl (C=O) groups is 1. The van der Waals surface area contributed by atoms with E-state index in [-0.39, 0.29) is 5.91 Å². The minimum atomic E-state index is -0.559.